The van der Waals surface area contributed by atoms with E-state index in [4.69, 9.17) is 4.84 Å². The second-order valence-electron chi connectivity index (χ2n) is 7.87. The first kappa shape index (κ1) is 18.7. The monoisotopic (exact) mass is 405 g/mol. The van der Waals surface area contributed by atoms with Crippen LogP contribution in [0.25, 0.3) is 6.08 Å². The van der Waals surface area contributed by atoms with E-state index in [0.717, 1.165) is 41.1 Å². The predicted molar refractivity (Wildman–Crippen MR) is 111 cm³/mol. The summed E-state index contributed by atoms with van der Waals surface area (Å²) in [5.74, 6) is -1.33. The minimum Gasteiger partial charge on any atom is -0.399 e. The molecule has 6 heteroatoms. The number of halogens is 2. The third-order valence-electron chi connectivity index (χ3n) is 5.99. The van der Waals surface area contributed by atoms with Crippen LogP contribution in [0.3, 0.4) is 0 Å². The highest BCUT2D eigenvalue weighted by Crippen LogP contribution is 2.43. The van der Waals surface area contributed by atoms with Crippen LogP contribution in [0.2, 0.25) is 0 Å². The zero-order valence-electron chi connectivity index (χ0n) is 16.5. The number of benzene rings is 2. The quantitative estimate of drug-likeness (QED) is 0.480. The van der Waals surface area contributed by atoms with Gasteiger partial charge in [0.2, 0.25) is 0 Å². The third-order valence-corrected chi connectivity index (χ3v) is 5.99. The minimum atomic E-state index is -0.851. The van der Waals surface area contributed by atoms with Gasteiger partial charge in [-0.05, 0) is 36.1 Å². The third kappa shape index (κ3) is 3.03. The number of nitrogens with zero attached hydrogens (tertiary/aromatic N) is 2. The highest BCUT2D eigenvalue weighted by Gasteiger charge is 2.39. The summed E-state index contributed by atoms with van der Waals surface area (Å²) in [6, 6.07) is 14.0. The summed E-state index contributed by atoms with van der Waals surface area (Å²) in [5, 5.41) is 11.9. The summed E-state index contributed by atoms with van der Waals surface area (Å²) in [4.78, 5) is 5.06. The van der Waals surface area contributed by atoms with E-state index < -0.39 is 17.0 Å². The van der Waals surface area contributed by atoms with E-state index in [9.17, 15) is 8.78 Å². The Hall–Kier alpha value is -3.28. The van der Waals surface area contributed by atoms with Crippen molar-refractivity contribution in [1.82, 2.24) is 10.2 Å². The lowest BCUT2D eigenvalue weighted by atomic mass is 9.68. The van der Waals surface area contributed by atoms with Crippen LogP contribution in [0, 0.1) is 17.6 Å². The lowest BCUT2D eigenvalue weighted by Gasteiger charge is -2.34. The summed E-state index contributed by atoms with van der Waals surface area (Å²) in [7, 11) is 1.54. The fraction of sp³-hybridized carbons (Fsp3) is 0.250. The van der Waals surface area contributed by atoms with Gasteiger partial charge < -0.3 is 4.84 Å². The van der Waals surface area contributed by atoms with Crippen molar-refractivity contribution in [2.24, 2.45) is 11.1 Å². The molecule has 1 aromatic heterocycles. The van der Waals surface area contributed by atoms with Gasteiger partial charge in [0.25, 0.3) is 0 Å². The van der Waals surface area contributed by atoms with Crippen LogP contribution in [0.1, 0.15) is 40.9 Å². The van der Waals surface area contributed by atoms with Crippen LogP contribution in [-0.4, -0.2) is 23.0 Å². The molecule has 2 aliphatic rings. The summed E-state index contributed by atoms with van der Waals surface area (Å²) >= 11 is 0. The highest BCUT2D eigenvalue weighted by atomic mass is 19.2. The zero-order chi connectivity index (χ0) is 20.7. The Morgan fingerprint density at radius 1 is 1.10 bits per heavy atom. The minimum absolute atomic E-state index is 0.373. The second-order valence-corrected chi connectivity index (χ2v) is 7.87. The number of allylic oxidation sites excluding steroid dienone is 1. The molecule has 0 spiro atoms. The maximum Gasteiger partial charge on any atom is 0.159 e. The Morgan fingerprint density at radius 3 is 2.60 bits per heavy atom. The van der Waals surface area contributed by atoms with Crippen molar-refractivity contribution in [1.29, 1.82) is 0 Å². The Kier molecular flexibility index (Phi) is 4.50. The summed E-state index contributed by atoms with van der Waals surface area (Å²) < 4.78 is 27.8. The van der Waals surface area contributed by atoms with Crippen LogP contribution in [-0.2, 0) is 16.7 Å². The molecule has 3 aromatic rings. The smallest absolute Gasteiger partial charge is 0.159 e. The Morgan fingerprint density at radius 2 is 1.90 bits per heavy atom. The van der Waals surface area contributed by atoms with E-state index in [0.29, 0.717) is 17.9 Å². The standard InChI is InChI=1S/C24H21F2N3O/c1-30-29-22(15-7-8-15)23-18-11-12-24(14-21(18)27-28-23,16-5-3-2-4-6-16)17-9-10-19(25)20(26)13-17/h2-6,9-13,15H,7-8,14H2,1H3,(H,27,28)/b29-22+. The normalized spacial score (nSPS) is 20.8. The maximum atomic E-state index is 14.2. The van der Waals surface area contributed by atoms with Crippen molar-refractivity contribution in [2.45, 2.75) is 24.7 Å². The molecule has 1 N–H and O–H groups in total. The van der Waals surface area contributed by atoms with Gasteiger partial charge in [0.05, 0.1) is 0 Å². The Balaban J connectivity index is 1.64. The van der Waals surface area contributed by atoms with Gasteiger partial charge in [-0.25, -0.2) is 8.78 Å². The number of fused-ring (bicyclic) bond motifs is 1. The molecular weight excluding hydrogens is 384 g/mol. The molecule has 4 nitrogen and oxygen atoms in total. The number of nitrogens with one attached hydrogen (secondary N) is 1. The van der Waals surface area contributed by atoms with Crippen molar-refractivity contribution in [3.05, 3.63) is 94.3 Å². The molecular formula is C24H21F2N3O. The first-order valence-corrected chi connectivity index (χ1v) is 10.0. The second kappa shape index (κ2) is 7.20. The van der Waals surface area contributed by atoms with E-state index >= 15 is 0 Å². The van der Waals surface area contributed by atoms with Crippen LogP contribution in [0.4, 0.5) is 8.78 Å². The molecule has 0 amide bonds. The van der Waals surface area contributed by atoms with Crippen LogP contribution >= 0.6 is 0 Å². The molecule has 2 aliphatic carbocycles. The molecule has 1 unspecified atom stereocenters. The van der Waals surface area contributed by atoms with Gasteiger partial charge in [0.1, 0.15) is 18.5 Å². The topological polar surface area (TPSA) is 50.3 Å². The molecule has 5 rings (SSSR count). The van der Waals surface area contributed by atoms with Crippen molar-refractivity contribution in [2.75, 3.05) is 7.11 Å². The molecule has 1 saturated carbocycles. The average Bonchev–Trinajstić information content (AvgIpc) is 3.53. The Labute approximate surface area is 173 Å². The van der Waals surface area contributed by atoms with Crippen LogP contribution in [0.15, 0.2) is 59.8 Å². The number of aromatic amines is 1. The maximum absolute atomic E-state index is 14.2. The van der Waals surface area contributed by atoms with Crippen molar-refractivity contribution < 1.29 is 13.6 Å². The van der Waals surface area contributed by atoms with E-state index in [1.807, 2.05) is 36.4 Å². The van der Waals surface area contributed by atoms with Crippen LogP contribution < -0.4 is 0 Å². The molecule has 30 heavy (non-hydrogen) atoms. The largest absolute Gasteiger partial charge is 0.399 e. The van der Waals surface area contributed by atoms with E-state index in [1.165, 1.54) is 12.1 Å². The zero-order valence-corrected chi connectivity index (χ0v) is 16.5. The number of H-pyrrole nitrogens is 1. The van der Waals surface area contributed by atoms with E-state index in [1.54, 1.807) is 13.2 Å². The van der Waals surface area contributed by atoms with Crippen molar-refractivity contribution in [3.63, 3.8) is 0 Å². The number of hydrogen-bond acceptors (Lipinski definition) is 3. The molecule has 0 saturated heterocycles. The molecule has 0 radical (unpaired) electrons. The first-order chi connectivity index (χ1) is 14.6. The fourth-order valence-electron chi connectivity index (χ4n) is 4.30. The molecule has 152 valence electrons. The average molecular weight is 405 g/mol. The van der Waals surface area contributed by atoms with Gasteiger partial charge >= 0.3 is 0 Å². The molecule has 0 aliphatic heterocycles. The molecule has 2 aromatic carbocycles. The van der Waals surface area contributed by atoms with Gasteiger partial charge in [-0.15, -0.1) is 0 Å². The summed E-state index contributed by atoms with van der Waals surface area (Å²) in [6.07, 6.45) is 6.78. The number of oxime groups is 1. The number of rotatable bonds is 5. The van der Waals surface area contributed by atoms with Gasteiger partial charge in [0.15, 0.2) is 11.6 Å². The summed E-state index contributed by atoms with van der Waals surface area (Å²) in [6.45, 7) is 0. The van der Waals surface area contributed by atoms with Crippen molar-refractivity contribution >= 4 is 11.8 Å². The van der Waals surface area contributed by atoms with Gasteiger partial charge in [-0.2, -0.15) is 5.10 Å². The fourth-order valence-corrected chi connectivity index (χ4v) is 4.30. The predicted octanol–water partition coefficient (Wildman–Crippen LogP) is 5.00. The van der Waals surface area contributed by atoms with E-state index in [2.05, 4.69) is 21.4 Å². The number of aromatic nitrogens is 2. The Bertz CT molecular complexity index is 1150. The summed E-state index contributed by atoms with van der Waals surface area (Å²) in [5.41, 5.74) is 4.64. The molecule has 1 heterocycles. The molecule has 1 fully saturated rings. The lowest BCUT2D eigenvalue weighted by Crippen LogP contribution is -2.31. The highest BCUT2D eigenvalue weighted by molar-refractivity contribution is 6.04. The number of hydrogen-bond donors (Lipinski definition) is 1. The molecule has 0 bridgehead atoms. The van der Waals surface area contributed by atoms with Gasteiger partial charge in [0, 0.05) is 29.0 Å². The van der Waals surface area contributed by atoms with Gasteiger partial charge in [-0.3, -0.25) is 5.10 Å². The molecule has 1 atom stereocenters. The first-order valence-electron chi connectivity index (χ1n) is 10.0. The SMILES string of the molecule is CO/N=C(/c1n[nH]c2c1C=CC(c1ccccc1)(c1ccc(F)c(F)c1)C2)C1CC1. The van der Waals surface area contributed by atoms with E-state index in [-0.39, 0.29) is 0 Å². The van der Waals surface area contributed by atoms with Gasteiger partial charge in [-0.1, -0.05) is 53.7 Å². The van der Waals surface area contributed by atoms with Crippen molar-refractivity contribution in [3.8, 4) is 0 Å². The van der Waals surface area contributed by atoms with Crippen LogP contribution in [0.5, 0.6) is 0 Å². The lowest BCUT2D eigenvalue weighted by molar-refractivity contribution is 0.212.